The highest BCUT2D eigenvalue weighted by atomic mass is 32.1. The van der Waals surface area contributed by atoms with Gasteiger partial charge in [-0.1, -0.05) is 0 Å². The number of aliphatic hydroxyl groups is 1. The minimum Gasteiger partial charge on any atom is -0.392 e. The number of thiophene rings is 1. The largest absolute Gasteiger partial charge is 0.392 e. The molecule has 0 spiro atoms. The SMILES string of the molecule is C[C@H](O)CNCc1cnc2ccsc2c1. The Balaban J connectivity index is 2.02. The van der Waals surface area contributed by atoms with Gasteiger partial charge in [-0.25, -0.2) is 0 Å². The van der Waals surface area contributed by atoms with E-state index in [0.717, 1.165) is 17.6 Å². The van der Waals surface area contributed by atoms with Crippen LogP contribution in [-0.4, -0.2) is 22.7 Å². The summed E-state index contributed by atoms with van der Waals surface area (Å²) in [6, 6.07) is 4.16. The van der Waals surface area contributed by atoms with Crippen molar-refractivity contribution in [2.45, 2.75) is 19.6 Å². The van der Waals surface area contributed by atoms with Crippen LogP contribution in [0.25, 0.3) is 10.2 Å². The van der Waals surface area contributed by atoms with E-state index in [1.807, 2.05) is 17.6 Å². The van der Waals surface area contributed by atoms with Crippen molar-refractivity contribution in [3.8, 4) is 0 Å². The minimum absolute atomic E-state index is 0.302. The Bertz CT molecular complexity index is 439. The molecule has 0 aliphatic rings. The van der Waals surface area contributed by atoms with Crippen LogP contribution in [0.2, 0.25) is 0 Å². The second kappa shape index (κ2) is 4.70. The molecule has 0 unspecified atom stereocenters. The molecule has 2 rings (SSSR count). The third-order valence-corrected chi connectivity index (χ3v) is 2.98. The molecule has 0 amide bonds. The Morgan fingerprint density at radius 3 is 3.27 bits per heavy atom. The van der Waals surface area contributed by atoms with Gasteiger partial charge in [0.05, 0.1) is 16.3 Å². The number of hydrogen-bond acceptors (Lipinski definition) is 4. The maximum absolute atomic E-state index is 9.09. The first-order chi connectivity index (χ1) is 7.25. The van der Waals surface area contributed by atoms with Crippen molar-refractivity contribution in [1.29, 1.82) is 0 Å². The number of aromatic nitrogens is 1. The Morgan fingerprint density at radius 2 is 2.47 bits per heavy atom. The summed E-state index contributed by atoms with van der Waals surface area (Å²) >= 11 is 1.70. The zero-order valence-corrected chi connectivity index (χ0v) is 9.42. The van der Waals surface area contributed by atoms with E-state index in [-0.39, 0.29) is 6.10 Å². The van der Waals surface area contributed by atoms with E-state index < -0.39 is 0 Å². The van der Waals surface area contributed by atoms with Crippen molar-refractivity contribution in [2.24, 2.45) is 0 Å². The molecule has 0 aromatic carbocycles. The lowest BCUT2D eigenvalue weighted by molar-refractivity contribution is 0.191. The molecule has 0 aliphatic heterocycles. The molecule has 1 atom stereocenters. The van der Waals surface area contributed by atoms with Gasteiger partial charge in [0, 0.05) is 19.3 Å². The second-order valence-electron chi connectivity index (χ2n) is 3.63. The molecule has 2 heterocycles. The topological polar surface area (TPSA) is 45.1 Å². The van der Waals surface area contributed by atoms with Crippen LogP contribution in [0.3, 0.4) is 0 Å². The van der Waals surface area contributed by atoms with E-state index in [4.69, 9.17) is 5.11 Å². The van der Waals surface area contributed by atoms with Crippen LogP contribution in [0.5, 0.6) is 0 Å². The van der Waals surface area contributed by atoms with Crippen LogP contribution in [0, 0.1) is 0 Å². The minimum atomic E-state index is -0.302. The molecule has 0 saturated heterocycles. The Hall–Kier alpha value is -0.970. The van der Waals surface area contributed by atoms with Gasteiger partial charge in [-0.3, -0.25) is 4.98 Å². The smallest absolute Gasteiger partial charge is 0.0809 e. The summed E-state index contributed by atoms with van der Waals surface area (Å²) in [5, 5.41) is 14.3. The normalized spacial score (nSPS) is 13.2. The summed E-state index contributed by atoms with van der Waals surface area (Å²) in [5.41, 5.74) is 2.21. The van der Waals surface area contributed by atoms with Crippen LogP contribution in [0.1, 0.15) is 12.5 Å². The van der Waals surface area contributed by atoms with Gasteiger partial charge >= 0.3 is 0 Å². The van der Waals surface area contributed by atoms with Crippen molar-refractivity contribution >= 4 is 21.6 Å². The molecular weight excluding hydrogens is 208 g/mol. The monoisotopic (exact) mass is 222 g/mol. The summed E-state index contributed by atoms with van der Waals surface area (Å²) in [4.78, 5) is 4.35. The van der Waals surface area contributed by atoms with Crippen LogP contribution < -0.4 is 5.32 Å². The number of hydrogen-bond donors (Lipinski definition) is 2. The van der Waals surface area contributed by atoms with Gasteiger partial charge in [-0.2, -0.15) is 0 Å². The summed E-state index contributed by atoms with van der Waals surface area (Å²) in [6.07, 6.45) is 1.58. The maximum Gasteiger partial charge on any atom is 0.0809 e. The van der Waals surface area contributed by atoms with Crippen molar-refractivity contribution in [3.05, 3.63) is 29.3 Å². The fourth-order valence-corrected chi connectivity index (χ4v) is 2.21. The van der Waals surface area contributed by atoms with Gasteiger partial charge in [0.2, 0.25) is 0 Å². The first-order valence-corrected chi connectivity index (χ1v) is 5.84. The molecule has 4 heteroatoms. The highest BCUT2D eigenvalue weighted by molar-refractivity contribution is 7.17. The fraction of sp³-hybridized carbons (Fsp3) is 0.364. The van der Waals surface area contributed by atoms with Crippen molar-refractivity contribution in [1.82, 2.24) is 10.3 Å². The molecule has 3 nitrogen and oxygen atoms in total. The average Bonchev–Trinajstić information content (AvgIpc) is 2.64. The number of nitrogens with one attached hydrogen (secondary N) is 1. The van der Waals surface area contributed by atoms with Gasteiger partial charge in [0.15, 0.2) is 0 Å². The summed E-state index contributed by atoms with van der Waals surface area (Å²) in [6.45, 7) is 3.14. The van der Waals surface area contributed by atoms with Gasteiger partial charge < -0.3 is 10.4 Å². The molecular formula is C11H14N2OS. The fourth-order valence-electron chi connectivity index (χ4n) is 1.41. The Labute approximate surface area is 92.8 Å². The predicted molar refractivity (Wildman–Crippen MR) is 63.0 cm³/mol. The molecule has 0 bridgehead atoms. The summed E-state index contributed by atoms with van der Waals surface area (Å²) in [7, 11) is 0. The Kier molecular flexibility index (Phi) is 3.30. The molecule has 0 saturated carbocycles. The van der Waals surface area contributed by atoms with Crippen molar-refractivity contribution in [3.63, 3.8) is 0 Å². The zero-order chi connectivity index (χ0) is 10.7. The highest BCUT2D eigenvalue weighted by Crippen LogP contribution is 2.19. The third-order valence-electron chi connectivity index (χ3n) is 2.13. The molecule has 0 aliphatic carbocycles. The highest BCUT2D eigenvalue weighted by Gasteiger charge is 1.99. The van der Waals surface area contributed by atoms with E-state index >= 15 is 0 Å². The van der Waals surface area contributed by atoms with Crippen LogP contribution in [0.4, 0.5) is 0 Å². The first kappa shape index (κ1) is 10.5. The van der Waals surface area contributed by atoms with E-state index in [1.54, 1.807) is 18.3 Å². The number of rotatable bonds is 4. The van der Waals surface area contributed by atoms with E-state index in [2.05, 4.69) is 16.4 Å². The quantitative estimate of drug-likeness (QED) is 0.828. The number of nitrogens with zero attached hydrogens (tertiary/aromatic N) is 1. The van der Waals surface area contributed by atoms with Crippen LogP contribution in [0.15, 0.2) is 23.7 Å². The van der Waals surface area contributed by atoms with Crippen molar-refractivity contribution < 1.29 is 5.11 Å². The van der Waals surface area contributed by atoms with E-state index in [1.165, 1.54) is 4.70 Å². The van der Waals surface area contributed by atoms with Gasteiger partial charge in [-0.15, -0.1) is 11.3 Å². The second-order valence-corrected chi connectivity index (χ2v) is 4.58. The number of fused-ring (bicyclic) bond motifs is 1. The van der Waals surface area contributed by atoms with Crippen LogP contribution >= 0.6 is 11.3 Å². The van der Waals surface area contributed by atoms with E-state index in [9.17, 15) is 0 Å². The lowest BCUT2D eigenvalue weighted by Crippen LogP contribution is -2.23. The molecule has 2 aromatic rings. The molecule has 2 N–H and O–H groups in total. The molecule has 80 valence electrons. The third kappa shape index (κ3) is 2.75. The summed E-state index contributed by atoms with van der Waals surface area (Å²) in [5.74, 6) is 0. The molecule has 0 radical (unpaired) electrons. The van der Waals surface area contributed by atoms with Crippen molar-refractivity contribution in [2.75, 3.05) is 6.54 Å². The molecule has 0 fully saturated rings. The zero-order valence-electron chi connectivity index (χ0n) is 8.60. The average molecular weight is 222 g/mol. The van der Waals surface area contributed by atoms with Gasteiger partial charge in [0.1, 0.15) is 0 Å². The lowest BCUT2D eigenvalue weighted by Gasteiger charge is -2.06. The molecule has 15 heavy (non-hydrogen) atoms. The standard InChI is InChI=1S/C11H14N2OS/c1-8(14)5-12-6-9-4-11-10(13-7-9)2-3-15-11/h2-4,7-8,12,14H,5-6H2,1H3/t8-/m0/s1. The van der Waals surface area contributed by atoms with Crippen LogP contribution in [-0.2, 0) is 6.54 Å². The Morgan fingerprint density at radius 1 is 1.60 bits per heavy atom. The van der Waals surface area contributed by atoms with E-state index in [0.29, 0.717) is 6.54 Å². The number of aliphatic hydroxyl groups excluding tert-OH is 1. The molecule has 2 aromatic heterocycles. The first-order valence-electron chi connectivity index (χ1n) is 4.96. The predicted octanol–water partition coefficient (Wildman–Crippen LogP) is 1.77. The van der Waals surface area contributed by atoms with Gasteiger partial charge in [-0.05, 0) is 30.0 Å². The number of pyridine rings is 1. The van der Waals surface area contributed by atoms with Gasteiger partial charge in [0.25, 0.3) is 0 Å². The summed E-state index contributed by atoms with van der Waals surface area (Å²) < 4.78 is 1.21. The lowest BCUT2D eigenvalue weighted by atomic mass is 10.2. The maximum atomic E-state index is 9.09.